The second-order valence-electron chi connectivity index (χ2n) is 4.81. The zero-order valence-corrected chi connectivity index (χ0v) is 15.0. The standard InChI is InChI=1S/C18H18N2O4S/c1-22-14-10-12(11-15(23-2)17(14)24-3)20-18(21)13-6-4-5-7-16(13)25-9-8-19/h4-7,10-11H,9H2,1-3H3,(H,20,21). The third-order valence-electron chi connectivity index (χ3n) is 3.35. The van der Waals surface area contributed by atoms with Crippen LogP contribution in [0.3, 0.4) is 0 Å². The number of amides is 1. The van der Waals surface area contributed by atoms with E-state index in [0.717, 1.165) is 4.90 Å². The number of benzene rings is 2. The lowest BCUT2D eigenvalue weighted by Gasteiger charge is -2.15. The first kappa shape index (κ1) is 18.5. The topological polar surface area (TPSA) is 80.6 Å². The largest absolute Gasteiger partial charge is 0.493 e. The zero-order chi connectivity index (χ0) is 18.2. The second-order valence-corrected chi connectivity index (χ2v) is 5.83. The van der Waals surface area contributed by atoms with Gasteiger partial charge < -0.3 is 19.5 Å². The molecule has 0 aliphatic rings. The van der Waals surface area contributed by atoms with Crippen LogP contribution in [0.5, 0.6) is 17.2 Å². The number of methoxy groups -OCH3 is 3. The van der Waals surface area contributed by atoms with E-state index in [1.54, 1.807) is 24.3 Å². The Bertz CT molecular complexity index is 777. The van der Waals surface area contributed by atoms with E-state index in [4.69, 9.17) is 19.5 Å². The van der Waals surface area contributed by atoms with Gasteiger partial charge in [0.1, 0.15) is 0 Å². The number of nitrogens with one attached hydrogen (secondary N) is 1. The number of hydrogen-bond acceptors (Lipinski definition) is 6. The Labute approximate surface area is 150 Å². The van der Waals surface area contributed by atoms with E-state index in [0.29, 0.717) is 28.5 Å². The Hall–Kier alpha value is -2.85. The molecule has 0 unspecified atom stereocenters. The van der Waals surface area contributed by atoms with Gasteiger partial charge in [-0.3, -0.25) is 4.79 Å². The molecule has 25 heavy (non-hydrogen) atoms. The third kappa shape index (κ3) is 4.37. The summed E-state index contributed by atoms with van der Waals surface area (Å²) in [7, 11) is 4.54. The molecular formula is C18H18N2O4S. The maximum atomic E-state index is 12.6. The summed E-state index contributed by atoms with van der Waals surface area (Å²) in [5.74, 6) is 1.34. The minimum atomic E-state index is -0.282. The van der Waals surface area contributed by atoms with Gasteiger partial charge in [0.05, 0.1) is 38.7 Å². The highest BCUT2D eigenvalue weighted by Gasteiger charge is 2.16. The molecule has 7 heteroatoms. The molecule has 0 atom stereocenters. The number of nitriles is 1. The van der Waals surface area contributed by atoms with Crippen molar-refractivity contribution < 1.29 is 19.0 Å². The molecule has 1 N–H and O–H groups in total. The highest BCUT2D eigenvalue weighted by Crippen LogP contribution is 2.40. The van der Waals surface area contributed by atoms with Gasteiger partial charge in [-0.25, -0.2) is 0 Å². The fourth-order valence-electron chi connectivity index (χ4n) is 2.24. The van der Waals surface area contributed by atoms with Gasteiger partial charge in [-0.2, -0.15) is 5.26 Å². The van der Waals surface area contributed by atoms with E-state index >= 15 is 0 Å². The molecule has 0 saturated carbocycles. The van der Waals surface area contributed by atoms with E-state index in [9.17, 15) is 4.79 Å². The van der Waals surface area contributed by atoms with Gasteiger partial charge in [0.15, 0.2) is 11.5 Å². The van der Waals surface area contributed by atoms with Crippen molar-refractivity contribution in [2.45, 2.75) is 4.90 Å². The molecule has 0 spiro atoms. The van der Waals surface area contributed by atoms with E-state index in [-0.39, 0.29) is 11.7 Å². The summed E-state index contributed by atoms with van der Waals surface area (Å²) in [6, 6.07) is 12.5. The van der Waals surface area contributed by atoms with Gasteiger partial charge in [0, 0.05) is 22.7 Å². The van der Waals surface area contributed by atoms with E-state index in [2.05, 4.69) is 11.4 Å². The summed E-state index contributed by atoms with van der Waals surface area (Å²) in [5, 5.41) is 11.6. The van der Waals surface area contributed by atoms with Crippen molar-refractivity contribution in [1.82, 2.24) is 0 Å². The molecule has 130 valence electrons. The van der Waals surface area contributed by atoms with Crippen LogP contribution in [0.2, 0.25) is 0 Å². The Morgan fingerprint density at radius 3 is 2.32 bits per heavy atom. The van der Waals surface area contributed by atoms with Crippen LogP contribution in [0.25, 0.3) is 0 Å². The predicted molar refractivity (Wildman–Crippen MR) is 96.8 cm³/mol. The van der Waals surface area contributed by atoms with Crippen LogP contribution in [0.1, 0.15) is 10.4 Å². The van der Waals surface area contributed by atoms with Crippen LogP contribution in [-0.4, -0.2) is 33.0 Å². The van der Waals surface area contributed by atoms with Gasteiger partial charge in [0.2, 0.25) is 5.75 Å². The average Bonchev–Trinajstić information content (AvgIpc) is 2.65. The van der Waals surface area contributed by atoms with Crippen LogP contribution in [0.15, 0.2) is 41.3 Å². The van der Waals surface area contributed by atoms with Gasteiger partial charge in [-0.15, -0.1) is 11.8 Å². The molecule has 2 aromatic rings. The molecule has 1 amide bonds. The third-order valence-corrected chi connectivity index (χ3v) is 4.29. The summed E-state index contributed by atoms with van der Waals surface area (Å²) in [5.41, 5.74) is 1.01. The number of nitrogens with zero attached hydrogens (tertiary/aromatic N) is 1. The Balaban J connectivity index is 2.31. The van der Waals surface area contributed by atoms with Gasteiger partial charge in [0.25, 0.3) is 5.91 Å². The fraction of sp³-hybridized carbons (Fsp3) is 0.222. The Kier molecular flexibility index (Phi) is 6.54. The number of carbonyl (C=O) groups is 1. The van der Waals surface area contributed by atoms with Crippen LogP contribution in [0.4, 0.5) is 5.69 Å². The lowest BCUT2D eigenvalue weighted by Crippen LogP contribution is -2.13. The quantitative estimate of drug-likeness (QED) is 0.762. The minimum Gasteiger partial charge on any atom is -0.493 e. The monoisotopic (exact) mass is 358 g/mol. The molecule has 0 radical (unpaired) electrons. The summed E-state index contributed by atoms with van der Waals surface area (Å²) < 4.78 is 15.8. The van der Waals surface area contributed by atoms with Crippen molar-refractivity contribution in [2.75, 3.05) is 32.4 Å². The zero-order valence-electron chi connectivity index (χ0n) is 14.2. The summed E-state index contributed by atoms with van der Waals surface area (Å²) in [6.07, 6.45) is 0. The van der Waals surface area contributed by atoms with Crippen molar-refractivity contribution >= 4 is 23.4 Å². The van der Waals surface area contributed by atoms with Crippen LogP contribution in [-0.2, 0) is 0 Å². The maximum absolute atomic E-state index is 12.6. The molecule has 6 nitrogen and oxygen atoms in total. The van der Waals surface area contributed by atoms with Crippen molar-refractivity contribution in [1.29, 1.82) is 5.26 Å². The van der Waals surface area contributed by atoms with Crippen LogP contribution < -0.4 is 19.5 Å². The lowest BCUT2D eigenvalue weighted by atomic mass is 10.2. The number of anilines is 1. The molecule has 0 saturated heterocycles. The SMILES string of the molecule is COc1cc(NC(=O)c2ccccc2SCC#N)cc(OC)c1OC. The molecule has 0 heterocycles. The molecule has 0 aromatic heterocycles. The average molecular weight is 358 g/mol. The Morgan fingerprint density at radius 1 is 1.12 bits per heavy atom. The van der Waals surface area contributed by atoms with E-state index < -0.39 is 0 Å². The molecule has 0 aliphatic heterocycles. The van der Waals surface area contributed by atoms with Crippen LogP contribution >= 0.6 is 11.8 Å². The number of ether oxygens (including phenoxy) is 3. The summed E-state index contributed by atoms with van der Waals surface area (Å²) >= 11 is 1.32. The molecule has 0 bridgehead atoms. The molecule has 2 rings (SSSR count). The molecule has 0 fully saturated rings. The number of carbonyl (C=O) groups excluding carboxylic acids is 1. The van der Waals surface area contributed by atoms with Crippen molar-refractivity contribution in [3.63, 3.8) is 0 Å². The number of hydrogen-bond donors (Lipinski definition) is 1. The van der Waals surface area contributed by atoms with E-state index in [1.165, 1.54) is 33.1 Å². The fourth-order valence-corrected chi connectivity index (χ4v) is 2.95. The summed E-state index contributed by atoms with van der Waals surface area (Å²) in [6.45, 7) is 0. The molecule has 0 aliphatic carbocycles. The lowest BCUT2D eigenvalue weighted by molar-refractivity contribution is 0.102. The maximum Gasteiger partial charge on any atom is 0.256 e. The first-order valence-corrected chi connectivity index (χ1v) is 8.33. The van der Waals surface area contributed by atoms with E-state index in [1.807, 2.05) is 12.1 Å². The molecular weight excluding hydrogens is 340 g/mol. The highest BCUT2D eigenvalue weighted by atomic mass is 32.2. The minimum absolute atomic E-state index is 0.272. The van der Waals surface area contributed by atoms with Crippen molar-refractivity contribution in [3.8, 4) is 23.3 Å². The number of rotatable bonds is 7. The first-order chi connectivity index (χ1) is 12.1. The molecule has 2 aromatic carbocycles. The van der Waals surface area contributed by atoms with Crippen molar-refractivity contribution in [2.24, 2.45) is 0 Å². The van der Waals surface area contributed by atoms with Gasteiger partial charge in [-0.1, -0.05) is 12.1 Å². The first-order valence-electron chi connectivity index (χ1n) is 7.34. The number of thioether (sulfide) groups is 1. The highest BCUT2D eigenvalue weighted by molar-refractivity contribution is 7.99. The van der Waals surface area contributed by atoms with Crippen molar-refractivity contribution in [3.05, 3.63) is 42.0 Å². The Morgan fingerprint density at radius 2 is 1.76 bits per heavy atom. The summed E-state index contributed by atoms with van der Waals surface area (Å²) in [4.78, 5) is 13.4. The van der Waals surface area contributed by atoms with Gasteiger partial charge >= 0.3 is 0 Å². The predicted octanol–water partition coefficient (Wildman–Crippen LogP) is 3.58. The smallest absolute Gasteiger partial charge is 0.256 e. The second kappa shape index (κ2) is 8.85. The van der Waals surface area contributed by atoms with Crippen LogP contribution in [0, 0.1) is 11.3 Å². The normalized spacial score (nSPS) is 9.84. The van der Waals surface area contributed by atoms with Gasteiger partial charge in [-0.05, 0) is 12.1 Å².